The second-order valence-corrected chi connectivity index (χ2v) is 8.41. The molecule has 1 atom stereocenters. The Kier molecular flexibility index (Phi) is 7.66. The van der Waals surface area contributed by atoms with Crippen molar-refractivity contribution in [3.05, 3.63) is 0 Å². The van der Waals surface area contributed by atoms with Crippen molar-refractivity contribution < 1.29 is 13.7 Å². The van der Waals surface area contributed by atoms with Crippen LogP contribution in [0.2, 0.25) is 0 Å². The van der Waals surface area contributed by atoms with E-state index >= 15 is 0 Å². The summed E-state index contributed by atoms with van der Waals surface area (Å²) in [6, 6.07) is 0. The third-order valence-electron chi connectivity index (χ3n) is 3.53. The molecule has 1 amide bonds. The molecule has 0 saturated carbocycles. The van der Waals surface area contributed by atoms with Crippen LogP contribution in [-0.4, -0.2) is 58.5 Å². The molecule has 0 spiro atoms. The number of amides is 1. The van der Waals surface area contributed by atoms with Crippen molar-refractivity contribution >= 4 is 16.9 Å². The molecule has 6 heteroatoms. The highest BCUT2D eigenvalue weighted by Crippen LogP contribution is 2.19. The molecule has 21 heavy (non-hydrogen) atoms. The van der Waals surface area contributed by atoms with E-state index < -0.39 is 16.4 Å². The number of rotatable bonds is 6. The summed E-state index contributed by atoms with van der Waals surface area (Å²) in [7, 11) is -0.687. The molecule has 0 aliphatic carbocycles. The number of ether oxygens (including phenoxy) is 1. The van der Waals surface area contributed by atoms with Gasteiger partial charge in [0.2, 0.25) is 0 Å². The van der Waals surface area contributed by atoms with Crippen molar-refractivity contribution in [3.63, 3.8) is 0 Å². The van der Waals surface area contributed by atoms with Gasteiger partial charge in [-0.2, -0.15) is 0 Å². The van der Waals surface area contributed by atoms with E-state index in [1.54, 1.807) is 4.90 Å². The third-order valence-corrected chi connectivity index (χ3v) is 4.83. The molecule has 1 aliphatic heterocycles. The summed E-state index contributed by atoms with van der Waals surface area (Å²) >= 11 is 0. The number of piperidine rings is 1. The molecule has 1 heterocycles. The molecular formula is C15H30N2O3S. The molecular weight excluding hydrogens is 288 g/mol. The van der Waals surface area contributed by atoms with Gasteiger partial charge in [0.05, 0.1) is 0 Å². The van der Waals surface area contributed by atoms with Crippen LogP contribution in [0.1, 0.15) is 40.5 Å². The van der Waals surface area contributed by atoms with Crippen molar-refractivity contribution in [2.24, 2.45) is 5.92 Å². The minimum Gasteiger partial charge on any atom is -0.444 e. The zero-order valence-corrected chi connectivity index (χ0v) is 14.6. The largest absolute Gasteiger partial charge is 0.444 e. The molecule has 124 valence electrons. The Morgan fingerprint density at radius 3 is 2.48 bits per heavy atom. The van der Waals surface area contributed by atoms with Crippen molar-refractivity contribution in [2.75, 3.05) is 37.7 Å². The van der Waals surface area contributed by atoms with Crippen molar-refractivity contribution in [2.45, 2.75) is 46.1 Å². The fraction of sp³-hybridized carbons (Fsp3) is 0.933. The number of nitrogens with zero attached hydrogens (tertiary/aromatic N) is 1. The van der Waals surface area contributed by atoms with Crippen molar-refractivity contribution in [1.82, 2.24) is 10.2 Å². The number of carbonyl (C=O) groups is 1. The van der Waals surface area contributed by atoms with E-state index in [1.807, 2.05) is 27.7 Å². The van der Waals surface area contributed by atoms with Crippen LogP contribution in [-0.2, 0) is 15.5 Å². The van der Waals surface area contributed by atoms with Gasteiger partial charge in [-0.25, -0.2) is 4.79 Å². The Hall–Kier alpha value is -0.620. The number of hydrogen-bond donors (Lipinski definition) is 1. The summed E-state index contributed by atoms with van der Waals surface area (Å²) in [4.78, 5) is 13.7. The molecule has 5 nitrogen and oxygen atoms in total. The molecule has 0 bridgehead atoms. The van der Waals surface area contributed by atoms with Crippen LogP contribution < -0.4 is 5.32 Å². The predicted molar refractivity (Wildman–Crippen MR) is 87.0 cm³/mol. The molecule has 0 aromatic carbocycles. The predicted octanol–water partition coefficient (Wildman–Crippen LogP) is 1.99. The van der Waals surface area contributed by atoms with Crippen LogP contribution in [0, 0.1) is 5.92 Å². The third kappa shape index (κ3) is 7.81. The molecule has 1 saturated heterocycles. The number of hydrogen-bond acceptors (Lipinski definition) is 4. The monoisotopic (exact) mass is 318 g/mol. The van der Waals surface area contributed by atoms with Crippen LogP contribution in [0.15, 0.2) is 0 Å². The van der Waals surface area contributed by atoms with Gasteiger partial charge in [-0.05, 0) is 46.1 Å². The van der Waals surface area contributed by atoms with Gasteiger partial charge < -0.3 is 15.0 Å². The van der Waals surface area contributed by atoms with Gasteiger partial charge in [0, 0.05) is 41.9 Å². The second-order valence-electron chi connectivity index (χ2n) is 6.55. The Balaban J connectivity index is 2.17. The number of likely N-dealkylation sites (tertiary alicyclic amines) is 1. The zero-order chi connectivity index (χ0) is 15.9. The summed E-state index contributed by atoms with van der Waals surface area (Å²) in [5, 5.41) is 3.37. The van der Waals surface area contributed by atoms with Crippen LogP contribution in [0.4, 0.5) is 4.79 Å². The lowest BCUT2D eigenvalue weighted by Crippen LogP contribution is -2.43. The van der Waals surface area contributed by atoms with Crippen LogP contribution in [0.3, 0.4) is 0 Å². The average Bonchev–Trinajstić information content (AvgIpc) is 2.42. The SMILES string of the molecule is CCS(=O)CCNCC1CCN(C(=O)OC(C)(C)C)CC1. The maximum Gasteiger partial charge on any atom is 0.410 e. The highest BCUT2D eigenvalue weighted by atomic mass is 32.2. The summed E-state index contributed by atoms with van der Waals surface area (Å²) in [6.07, 6.45) is 1.80. The van der Waals surface area contributed by atoms with E-state index in [2.05, 4.69) is 5.32 Å². The normalized spacial score (nSPS) is 18.6. The molecule has 1 rings (SSSR count). The lowest BCUT2D eigenvalue weighted by molar-refractivity contribution is 0.0184. The maximum absolute atomic E-state index is 11.9. The van der Waals surface area contributed by atoms with E-state index in [-0.39, 0.29) is 6.09 Å². The van der Waals surface area contributed by atoms with Crippen LogP contribution in [0.5, 0.6) is 0 Å². The van der Waals surface area contributed by atoms with Crippen molar-refractivity contribution in [3.8, 4) is 0 Å². The van der Waals surface area contributed by atoms with Gasteiger partial charge in [0.1, 0.15) is 5.60 Å². The Labute approximate surface area is 131 Å². The lowest BCUT2D eigenvalue weighted by Gasteiger charge is -2.33. The first-order chi connectivity index (χ1) is 9.81. The quantitative estimate of drug-likeness (QED) is 0.761. The van der Waals surface area contributed by atoms with Gasteiger partial charge in [0.25, 0.3) is 0 Å². The first-order valence-electron chi connectivity index (χ1n) is 7.85. The van der Waals surface area contributed by atoms with Gasteiger partial charge >= 0.3 is 6.09 Å². The molecule has 1 fully saturated rings. The van der Waals surface area contributed by atoms with E-state index in [0.717, 1.165) is 50.5 Å². The van der Waals surface area contributed by atoms with E-state index in [0.29, 0.717) is 5.92 Å². The highest BCUT2D eigenvalue weighted by Gasteiger charge is 2.26. The molecule has 1 unspecified atom stereocenters. The molecule has 0 aromatic heterocycles. The molecule has 1 aliphatic rings. The first-order valence-corrected chi connectivity index (χ1v) is 9.34. The van der Waals surface area contributed by atoms with Gasteiger partial charge in [-0.1, -0.05) is 6.92 Å². The second kappa shape index (κ2) is 8.73. The van der Waals surface area contributed by atoms with Gasteiger partial charge in [-0.3, -0.25) is 4.21 Å². The minimum atomic E-state index is -0.687. The average molecular weight is 318 g/mol. The van der Waals surface area contributed by atoms with Crippen LogP contribution >= 0.6 is 0 Å². The smallest absolute Gasteiger partial charge is 0.410 e. The van der Waals surface area contributed by atoms with E-state index in [4.69, 9.17) is 4.74 Å². The summed E-state index contributed by atoms with van der Waals surface area (Å²) in [5.74, 6) is 2.06. The topological polar surface area (TPSA) is 58.6 Å². The number of carbonyl (C=O) groups excluding carboxylic acids is 1. The highest BCUT2D eigenvalue weighted by molar-refractivity contribution is 7.84. The Morgan fingerprint density at radius 1 is 1.33 bits per heavy atom. The Bertz CT molecular complexity index is 347. The zero-order valence-electron chi connectivity index (χ0n) is 13.8. The maximum atomic E-state index is 11.9. The minimum absolute atomic E-state index is 0.202. The van der Waals surface area contributed by atoms with E-state index in [9.17, 15) is 9.00 Å². The summed E-state index contributed by atoms with van der Waals surface area (Å²) in [5.41, 5.74) is -0.426. The van der Waals surface area contributed by atoms with Gasteiger partial charge in [0.15, 0.2) is 0 Å². The fourth-order valence-electron chi connectivity index (χ4n) is 2.28. The molecule has 0 aromatic rings. The Morgan fingerprint density at radius 2 is 1.95 bits per heavy atom. The number of nitrogens with one attached hydrogen (secondary N) is 1. The lowest BCUT2D eigenvalue weighted by atomic mass is 9.97. The standard InChI is InChI=1S/C15H30N2O3S/c1-5-21(19)11-8-16-12-13-6-9-17(10-7-13)14(18)20-15(2,3)4/h13,16H,5-12H2,1-4H3. The van der Waals surface area contributed by atoms with Crippen LogP contribution in [0.25, 0.3) is 0 Å². The summed E-state index contributed by atoms with van der Waals surface area (Å²) in [6.45, 7) is 10.9. The van der Waals surface area contributed by atoms with E-state index in [1.165, 1.54) is 0 Å². The molecule has 1 N–H and O–H groups in total. The first kappa shape index (κ1) is 18.4. The van der Waals surface area contributed by atoms with Crippen molar-refractivity contribution in [1.29, 1.82) is 0 Å². The fourth-order valence-corrected chi connectivity index (χ4v) is 2.94. The van der Waals surface area contributed by atoms with Gasteiger partial charge in [-0.15, -0.1) is 0 Å². The molecule has 0 radical (unpaired) electrons. The summed E-state index contributed by atoms with van der Waals surface area (Å²) < 4.78 is 16.7.